The summed E-state index contributed by atoms with van der Waals surface area (Å²) in [6, 6.07) is 27.8. The Hall–Kier alpha value is -4.95. The van der Waals surface area contributed by atoms with Crippen molar-refractivity contribution in [2.24, 2.45) is 23.7 Å². The minimum Gasteiger partial charge on any atom is -0.207 e. The van der Waals surface area contributed by atoms with Crippen molar-refractivity contribution in [3.63, 3.8) is 0 Å². The summed E-state index contributed by atoms with van der Waals surface area (Å²) in [5.41, 5.74) is 9.02. The maximum absolute atomic E-state index is 13.5. The molecular weight excluding hydrogens is 608 g/mol. The molecule has 0 heterocycles. The molecule has 1 heteroatoms. The SMILES string of the molecule is Cc1ccc(C#Cc2ccc(C#CC3CCC(C)CC3)cc2)c(C)c1.Cc1ccc(C#Cc2ccc(C#CC3CCC(C)CC3)cc2)cc1F. The summed E-state index contributed by atoms with van der Waals surface area (Å²) in [6.45, 7) is 10.6. The molecule has 0 unspecified atom stereocenters. The van der Waals surface area contributed by atoms with Crippen LogP contribution in [-0.2, 0) is 0 Å². The first-order valence-electron chi connectivity index (χ1n) is 18.3. The van der Waals surface area contributed by atoms with Crippen LogP contribution in [0.15, 0.2) is 84.9 Å². The van der Waals surface area contributed by atoms with Crippen molar-refractivity contribution in [1.29, 1.82) is 0 Å². The van der Waals surface area contributed by atoms with E-state index in [1.54, 1.807) is 13.0 Å². The van der Waals surface area contributed by atoms with Gasteiger partial charge in [-0.2, -0.15) is 0 Å². The quantitative estimate of drug-likeness (QED) is 0.165. The zero-order chi connectivity index (χ0) is 35.3. The lowest BCUT2D eigenvalue weighted by Gasteiger charge is -2.21. The Kier molecular flexibility index (Phi) is 13.2. The molecular formula is C49H49F. The van der Waals surface area contributed by atoms with Gasteiger partial charge in [-0.3, -0.25) is 0 Å². The van der Waals surface area contributed by atoms with E-state index in [1.165, 1.54) is 68.6 Å². The van der Waals surface area contributed by atoms with Gasteiger partial charge in [0.1, 0.15) is 5.82 Å². The Morgan fingerprint density at radius 3 is 1.32 bits per heavy atom. The molecule has 4 aromatic rings. The first-order chi connectivity index (χ1) is 24.2. The molecule has 0 atom stereocenters. The van der Waals surface area contributed by atoms with Gasteiger partial charge in [-0.15, -0.1) is 0 Å². The van der Waals surface area contributed by atoms with Crippen LogP contribution >= 0.6 is 0 Å². The van der Waals surface area contributed by atoms with E-state index in [-0.39, 0.29) is 5.82 Å². The molecule has 0 nitrogen and oxygen atoms in total. The highest BCUT2D eigenvalue weighted by Crippen LogP contribution is 2.28. The molecule has 0 spiro atoms. The topological polar surface area (TPSA) is 0 Å². The molecule has 0 radical (unpaired) electrons. The first kappa shape index (κ1) is 36.3. The molecule has 2 aliphatic carbocycles. The third-order valence-corrected chi connectivity index (χ3v) is 9.89. The molecule has 2 aliphatic rings. The summed E-state index contributed by atoms with van der Waals surface area (Å²) in [7, 11) is 0. The van der Waals surface area contributed by atoms with Gasteiger partial charge in [-0.05, 0) is 162 Å². The fourth-order valence-corrected chi connectivity index (χ4v) is 6.36. The Morgan fingerprint density at radius 1 is 0.440 bits per heavy atom. The van der Waals surface area contributed by atoms with Gasteiger partial charge in [0.25, 0.3) is 0 Å². The number of aryl methyl sites for hydroxylation is 3. The van der Waals surface area contributed by atoms with Gasteiger partial charge in [0.2, 0.25) is 0 Å². The average Bonchev–Trinajstić information content (AvgIpc) is 3.12. The molecule has 0 aromatic heterocycles. The summed E-state index contributed by atoms with van der Waals surface area (Å²) in [5.74, 6) is 28.8. The molecule has 2 fully saturated rings. The lowest BCUT2D eigenvalue weighted by molar-refractivity contribution is 0.337. The molecule has 6 rings (SSSR count). The standard InChI is InChI=1S/C25H26.C24H23F/c1-19-4-7-22(8-5-19)9-10-23-11-13-24(14-12-23)15-17-25-16-6-20(2)18-21(25)3;1-18-3-6-20(7-4-18)9-10-21-11-13-22(14-12-21)15-16-23-8-5-19(2)24(25)17-23/h6,11-14,16,18-19,22H,4-5,7-8H2,1-3H3;5,8,11-14,17-18,20H,3-4,6-7H2,1-2H3. The zero-order valence-corrected chi connectivity index (χ0v) is 30.4. The van der Waals surface area contributed by atoms with Crippen molar-refractivity contribution in [3.8, 4) is 47.4 Å². The Balaban J connectivity index is 0.000000194. The van der Waals surface area contributed by atoms with E-state index in [0.29, 0.717) is 23.0 Å². The van der Waals surface area contributed by atoms with Crippen LogP contribution in [0.25, 0.3) is 0 Å². The van der Waals surface area contributed by atoms with E-state index in [2.05, 4.69) is 118 Å². The van der Waals surface area contributed by atoms with Crippen LogP contribution in [0.1, 0.15) is 115 Å². The third-order valence-electron chi connectivity index (χ3n) is 9.89. The van der Waals surface area contributed by atoms with Crippen LogP contribution in [0.4, 0.5) is 4.39 Å². The van der Waals surface area contributed by atoms with Crippen molar-refractivity contribution in [2.45, 2.75) is 86.0 Å². The monoisotopic (exact) mass is 656 g/mol. The molecule has 252 valence electrons. The van der Waals surface area contributed by atoms with E-state index >= 15 is 0 Å². The fourth-order valence-electron chi connectivity index (χ4n) is 6.36. The van der Waals surface area contributed by atoms with Crippen LogP contribution < -0.4 is 0 Å². The molecule has 0 bridgehead atoms. The second-order valence-electron chi connectivity index (χ2n) is 14.4. The minimum absolute atomic E-state index is 0.213. The highest BCUT2D eigenvalue weighted by Gasteiger charge is 2.16. The van der Waals surface area contributed by atoms with Crippen LogP contribution in [-0.4, -0.2) is 0 Å². The van der Waals surface area contributed by atoms with Crippen molar-refractivity contribution >= 4 is 0 Å². The van der Waals surface area contributed by atoms with Gasteiger partial charge in [-0.25, -0.2) is 4.39 Å². The number of hydrogen-bond acceptors (Lipinski definition) is 0. The normalized spacial score (nSPS) is 19.3. The van der Waals surface area contributed by atoms with E-state index in [4.69, 9.17) is 0 Å². The summed E-state index contributed by atoms with van der Waals surface area (Å²) < 4.78 is 13.5. The maximum Gasteiger partial charge on any atom is 0.127 e. The highest BCUT2D eigenvalue weighted by molar-refractivity contribution is 5.49. The summed E-state index contributed by atoms with van der Waals surface area (Å²) in [5, 5.41) is 0. The van der Waals surface area contributed by atoms with E-state index < -0.39 is 0 Å². The summed E-state index contributed by atoms with van der Waals surface area (Å²) in [4.78, 5) is 0. The van der Waals surface area contributed by atoms with Gasteiger partial charge in [-0.1, -0.05) is 85.0 Å². The second kappa shape index (κ2) is 18.2. The number of benzene rings is 4. The lowest BCUT2D eigenvalue weighted by atomic mass is 9.83. The largest absolute Gasteiger partial charge is 0.207 e. The van der Waals surface area contributed by atoms with Gasteiger partial charge in [0, 0.05) is 45.2 Å². The fraction of sp³-hybridized carbons (Fsp3) is 0.347. The molecule has 0 saturated heterocycles. The second-order valence-corrected chi connectivity index (χ2v) is 14.4. The van der Waals surface area contributed by atoms with Gasteiger partial charge >= 0.3 is 0 Å². The lowest BCUT2D eigenvalue weighted by Crippen LogP contribution is -2.10. The summed E-state index contributed by atoms with van der Waals surface area (Å²) >= 11 is 0. The van der Waals surface area contributed by atoms with E-state index in [0.717, 1.165) is 39.7 Å². The van der Waals surface area contributed by atoms with Crippen molar-refractivity contribution in [1.82, 2.24) is 0 Å². The van der Waals surface area contributed by atoms with Crippen LogP contribution in [0.2, 0.25) is 0 Å². The predicted octanol–water partition coefficient (Wildman–Crippen LogP) is 11.6. The van der Waals surface area contributed by atoms with Crippen LogP contribution in [0.3, 0.4) is 0 Å². The molecule has 0 N–H and O–H groups in total. The smallest absolute Gasteiger partial charge is 0.127 e. The van der Waals surface area contributed by atoms with Crippen molar-refractivity contribution in [2.75, 3.05) is 0 Å². The maximum atomic E-state index is 13.5. The Labute approximate surface area is 301 Å². The first-order valence-corrected chi connectivity index (χ1v) is 18.3. The predicted molar refractivity (Wildman–Crippen MR) is 208 cm³/mol. The number of rotatable bonds is 0. The van der Waals surface area contributed by atoms with E-state index in [1.807, 2.05) is 30.3 Å². The molecule has 50 heavy (non-hydrogen) atoms. The summed E-state index contributed by atoms with van der Waals surface area (Å²) in [6.07, 6.45) is 10.2. The number of hydrogen-bond donors (Lipinski definition) is 0. The van der Waals surface area contributed by atoms with Crippen LogP contribution in [0, 0.1) is 97.6 Å². The Morgan fingerprint density at radius 2 is 0.860 bits per heavy atom. The van der Waals surface area contributed by atoms with Gasteiger partial charge < -0.3 is 0 Å². The third kappa shape index (κ3) is 11.6. The minimum atomic E-state index is -0.213. The highest BCUT2D eigenvalue weighted by atomic mass is 19.1. The molecule has 0 aliphatic heterocycles. The molecule has 4 aromatic carbocycles. The Bertz CT molecular complexity index is 1980. The van der Waals surface area contributed by atoms with Crippen molar-refractivity contribution < 1.29 is 4.39 Å². The average molecular weight is 657 g/mol. The van der Waals surface area contributed by atoms with Gasteiger partial charge in [0.05, 0.1) is 0 Å². The van der Waals surface area contributed by atoms with Crippen molar-refractivity contribution in [3.05, 3.63) is 141 Å². The number of halogens is 1. The zero-order valence-electron chi connectivity index (χ0n) is 30.4. The molecule has 0 amide bonds. The van der Waals surface area contributed by atoms with E-state index in [9.17, 15) is 4.39 Å². The van der Waals surface area contributed by atoms with Crippen LogP contribution in [0.5, 0.6) is 0 Å². The molecule has 2 saturated carbocycles. The van der Waals surface area contributed by atoms with Gasteiger partial charge in [0.15, 0.2) is 0 Å².